The minimum absolute atomic E-state index is 0.0483. The second-order valence-electron chi connectivity index (χ2n) is 4.89. The van der Waals surface area contributed by atoms with Crippen LogP contribution < -0.4 is 10.1 Å². The number of carbonyl (C=O) groups excluding carboxylic acids is 1. The average Bonchev–Trinajstić information content (AvgIpc) is 2.73. The van der Waals surface area contributed by atoms with Gasteiger partial charge in [-0.15, -0.1) is 6.42 Å². The normalized spacial score (nSPS) is 10.6. The first kappa shape index (κ1) is 18.4. The van der Waals surface area contributed by atoms with Crippen LogP contribution in [0.1, 0.15) is 12.5 Å². The average molecular weight is 507 g/mol. The summed E-state index contributed by atoms with van der Waals surface area (Å²) >= 11 is 10.8. The standard InChI is InChI=1S/C16H15Br3N2O2/c1-4-7-21-12-8-11(17)15(23-3)14(18)13(12)10(16(21)19)5-6-20-9(2)22/h1,8H,5-7H2,2-3H3,(H,20,22). The summed E-state index contributed by atoms with van der Waals surface area (Å²) < 4.78 is 10.1. The summed E-state index contributed by atoms with van der Waals surface area (Å²) in [6.07, 6.45) is 6.18. The summed E-state index contributed by atoms with van der Waals surface area (Å²) in [6, 6.07) is 1.99. The van der Waals surface area contributed by atoms with Crippen LogP contribution in [0.3, 0.4) is 0 Å². The van der Waals surface area contributed by atoms with Gasteiger partial charge in [-0.25, -0.2) is 0 Å². The van der Waals surface area contributed by atoms with Crippen molar-refractivity contribution >= 4 is 64.6 Å². The zero-order valence-electron chi connectivity index (χ0n) is 12.7. The first-order valence-corrected chi connectivity index (χ1v) is 9.20. The van der Waals surface area contributed by atoms with E-state index < -0.39 is 0 Å². The Labute approximate surface area is 160 Å². The highest BCUT2D eigenvalue weighted by Gasteiger charge is 2.21. The number of terminal acetylenes is 1. The smallest absolute Gasteiger partial charge is 0.216 e. The number of benzene rings is 1. The quantitative estimate of drug-likeness (QED) is 0.616. The van der Waals surface area contributed by atoms with E-state index >= 15 is 0 Å². The number of fused-ring (bicyclic) bond motifs is 1. The molecule has 2 rings (SSSR count). The van der Waals surface area contributed by atoms with Gasteiger partial charge >= 0.3 is 0 Å². The van der Waals surface area contributed by atoms with Gasteiger partial charge in [-0.1, -0.05) is 5.92 Å². The van der Waals surface area contributed by atoms with E-state index in [0.717, 1.165) is 35.8 Å². The Bertz CT molecular complexity index is 806. The van der Waals surface area contributed by atoms with Crippen molar-refractivity contribution in [2.75, 3.05) is 13.7 Å². The predicted octanol–water partition coefficient (Wildman–Crippen LogP) is 4.25. The van der Waals surface area contributed by atoms with Crippen molar-refractivity contribution in [2.24, 2.45) is 0 Å². The lowest BCUT2D eigenvalue weighted by molar-refractivity contribution is -0.118. The van der Waals surface area contributed by atoms with Crippen molar-refractivity contribution in [3.63, 3.8) is 0 Å². The predicted molar refractivity (Wildman–Crippen MR) is 103 cm³/mol. The Morgan fingerprint density at radius 3 is 2.70 bits per heavy atom. The SMILES string of the molecule is C#CCn1c(Br)c(CCNC(C)=O)c2c(Br)c(OC)c(Br)cc21. The van der Waals surface area contributed by atoms with Gasteiger partial charge in [0.15, 0.2) is 0 Å². The summed E-state index contributed by atoms with van der Waals surface area (Å²) in [4.78, 5) is 11.1. The van der Waals surface area contributed by atoms with Crippen LogP contribution in [-0.2, 0) is 17.8 Å². The lowest BCUT2D eigenvalue weighted by atomic mass is 10.1. The number of nitrogens with one attached hydrogen (secondary N) is 1. The first-order valence-electron chi connectivity index (χ1n) is 6.82. The van der Waals surface area contributed by atoms with Crippen molar-refractivity contribution in [3.8, 4) is 18.1 Å². The fraction of sp³-hybridized carbons (Fsp3) is 0.312. The third kappa shape index (κ3) is 3.59. The number of halogens is 3. The molecule has 0 aliphatic carbocycles. The summed E-state index contributed by atoms with van der Waals surface area (Å²) in [5.74, 6) is 3.35. The third-order valence-corrected chi connectivity index (χ3v) is 5.69. The van der Waals surface area contributed by atoms with Gasteiger partial charge in [0.25, 0.3) is 0 Å². The molecule has 0 spiro atoms. The maximum Gasteiger partial charge on any atom is 0.216 e. The maximum absolute atomic E-state index is 11.1. The van der Waals surface area contributed by atoms with E-state index in [0.29, 0.717) is 19.5 Å². The molecule has 0 atom stereocenters. The van der Waals surface area contributed by atoms with Crippen LogP contribution in [0.5, 0.6) is 5.75 Å². The van der Waals surface area contributed by atoms with Gasteiger partial charge in [0, 0.05) is 18.9 Å². The molecule has 122 valence electrons. The van der Waals surface area contributed by atoms with Crippen LogP contribution in [0.2, 0.25) is 0 Å². The Morgan fingerprint density at radius 1 is 1.43 bits per heavy atom. The van der Waals surface area contributed by atoms with Crippen LogP contribution in [0.4, 0.5) is 0 Å². The van der Waals surface area contributed by atoms with Gasteiger partial charge in [0.05, 0.1) is 32.7 Å². The van der Waals surface area contributed by atoms with Crippen LogP contribution in [-0.4, -0.2) is 24.1 Å². The van der Waals surface area contributed by atoms with E-state index in [1.807, 2.05) is 10.6 Å². The second-order valence-corrected chi connectivity index (χ2v) is 7.29. The van der Waals surface area contributed by atoms with Crippen molar-refractivity contribution in [1.82, 2.24) is 9.88 Å². The number of hydrogen-bond acceptors (Lipinski definition) is 2. The lowest BCUT2D eigenvalue weighted by Gasteiger charge is -2.09. The fourth-order valence-corrected chi connectivity index (χ4v) is 4.86. The largest absolute Gasteiger partial charge is 0.494 e. The zero-order chi connectivity index (χ0) is 17.1. The molecule has 1 aromatic heterocycles. The highest BCUT2D eigenvalue weighted by molar-refractivity contribution is 9.11. The van der Waals surface area contributed by atoms with Gasteiger partial charge in [-0.2, -0.15) is 0 Å². The molecule has 7 heteroatoms. The van der Waals surface area contributed by atoms with Gasteiger partial charge in [0.1, 0.15) is 5.75 Å². The van der Waals surface area contributed by atoms with Crippen LogP contribution in [0, 0.1) is 12.3 Å². The fourth-order valence-electron chi connectivity index (χ4n) is 2.48. The van der Waals surface area contributed by atoms with Crippen LogP contribution >= 0.6 is 47.8 Å². The molecule has 0 unspecified atom stereocenters. The molecule has 0 radical (unpaired) electrons. The van der Waals surface area contributed by atoms with E-state index in [-0.39, 0.29) is 5.91 Å². The summed E-state index contributed by atoms with van der Waals surface area (Å²) in [6.45, 7) is 2.50. The summed E-state index contributed by atoms with van der Waals surface area (Å²) in [7, 11) is 1.63. The summed E-state index contributed by atoms with van der Waals surface area (Å²) in [5.41, 5.74) is 2.06. The molecule has 1 heterocycles. The summed E-state index contributed by atoms with van der Waals surface area (Å²) in [5, 5.41) is 3.85. The Balaban J connectivity index is 2.66. The number of amides is 1. The molecule has 0 saturated heterocycles. The number of methoxy groups -OCH3 is 1. The van der Waals surface area contributed by atoms with Crippen molar-refractivity contribution in [2.45, 2.75) is 19.9 Å². The molecule has 0 fully saturated rings. The highest BCUT2D eigenvalue weighted by atomic mass is 79.9. The molecule has 0 saturated carbocycles. The number of rotatable bonds is 5. The Kier molecular flexibility index (Phi) is 6.18. The molecule has 0 aliphatic heterocycles. The van der Waals surface area contributed by atoms with Crippen LogP contribution in [0.15, 0.2) is 19.6 Å². The van der Waals surface area contributed by atoms with Crippen LogP contribution in [0.25, 0.3) is 10.9 Å². The van der Waals surface area contributed by atoms with Gasteiger partial charge in [0.2, 0.25) is 5.91 Å². The highest BCUT2D eigenvalue weighted by Crippen LogP contribution is 2.44. The maximum atomic E-state index is 11.1. The molecule has 1 aromatic carbocycles. The van der Waals surface area contributed by atoms with Gasteiger partial charge in [-0.05, 0) is 65.8 Å². The number of nitrogens with zero attached hydrogens (tertiary/aromatic N) is 1. The van der Waals surface area contributed by atoms with Gasteiger partial charge in [-0.3, -0.25) is 4.79 Å². The molecule has 23 heavy (non-hydrogen) atoms. The minimum atomic E-state index is -0.0483. The number of carbonyl (C=O) groups is 1. The third-order valence-electron chi connectivity index (χ3n) is 3.44. The zero-order valence-corrected chi connectivity index (χ0v) is 17.4. The van der Waals surface area contributed by atoms with Crippen molar-refractivity contribution in [3.05, 3.63) is 25.2 Å². The lowest BCUT2D eigenvalue weighted by Crippen LogP contribution is -2.22. The van der Waals surface area contributed by atoms with E-state index in [1.165, 1.54) is 6.92 Å². The van der Waals surface area contributed by atoms with E-state index in [2.05, 4.69) is 59.0 Å². The molecular weight excluding hydrogens is 492 g/mol. The van der Waals surface area contributed by atoms with Crippen molar-refractivity contribution in [1.29, 1.82) is 0 Å². The molecule has 0 aliphatic rings. The molecule has 4 nitrogen and oxygen atoms in total. The first-order chi connectivity index (χ1) is 10.9. The van der Waals surface area contributed by atoms with Gasteiger partial charge < -0.3 is 14.6 Å². The molecule has 2 aromatic rings. The molecule has 1 amide bonds. The number of aromatic nitrogens is 1. The molecular formula is C16H15Br3N2O2. The van der Waals surface area contributed by atoms with E-state index in [4.69, 9.17) is 11.2 Å². The van der Waals surface area contributed by atoms with Crippen molar-refractivity contribution < 1.29 is 9.53 Å². The minimum Gasteiger partial charge on any atom is -0.494 e. The molecule has 0 bridgehead atoms. The topological polar surface area (TPSA) is 43.3 Å². The monoisotopic (exact) mass is 504 g/mol. The second kappa shape index (κ2) is 7.73. The molecule has 1 N–H and O–H groups in total. The number of ether oxygens (including phenoxy) is 1. The Morgan fingerprint density at radius 2 is 2.13 bits per heavy atom. The van der Waals surface area contributed by atoms with E-state index in [9.17, 15) is 4.79 Å². The Hall–Kier alpha value is -0.970. The number of hydrogen-bond donors (Lipinski definition) is 1. The van der Waals surface area contributed by atoms with E-state index in [1.54, 1.807) is 7.11 Å².